The van der Waals surface area contributed by atoms with Gasteiger partial charge >= 0.3 is 12.1 Å². The molecule has 0 bridgehead atoms. The molecule has 2 rings (SSSR count). The SMILES string of the molecule is Fc1cccc2nc(C(F)(F)C(F)(F)F)nc(Cl)c12. The molecule has 2 nitrogen and oxygen atoms in total. The molecular formula is C10H3ClF6N2. The summed E-state index contributed by atoms with van der Waals surface area (Å²) in [6.07, 6.45) is -5.86. The van der Waals surface area contributed by atoms with Crippen molar-refractivity contribution < 1.29 is 26.3 Å². The first-order chi connectivity index (χ1) is 8.64. The third kappa shape index (κ3) is 2.20. The lowest BCUT2D eigenvalue weighted by Crippen LogP contribution is -2.35. The highest BCUT2D eigenvalue weighted by Crippen LogP contribution is 2.43. The summed E-state index contributed by atoms with van der Waals surface area (Å²) in [4.78, 5) is 5.87. The van der Waals surface area contributed by atoms with Crippen LogP contribution in [-0.4, -0.2) is 16.1 Å². The van der Waals surface area contributed by atoms with Crippen molar-refractivity contribution in [3.63, 3.8) is 0 Å². The molecule has 19 heavy (non-hydrogen) atoms. The van der Waals surface area contributed by atoms with Crippen molar-refractivity contribution in [1.29, 1.82) is 0 Å². The van der Waals surface area contributed by atoms with Gasteiger partial charge in [0, 0.05) is 0 Å². The highest BCUT2D eigenvalue weighted by atomic mass is 35.5. The molecule has 2 aromatic rings. The van der Waals surface area contributed by atoms with Crippen LogP contribution < -0.4 is 0 Å². The van der Waals surface area contributed by atoms with Crippen LogP contribution in [0.4, 0.5) is 26.3 Å². The molecule has 0 atom stereocenters. The van der Waals surface area contributed by atoms with E-state index in [0.29, 0.717) is 0 Å². The molecule has 0 saturated carbocycles. The second-order valence-electron chi connectivity index (χ2n) is 3.54. The number of hydrogen-bond acceptors (Lipinski definition) is 2. The van der Waals surface area contributed by atoms with E-state index in [1.807, 2.05) is 0 Å². The van der Waals surface area contributed by atoms with Crippen LogP contribution in [0.5, 0.6) is 0 Å². The number of aromatic nitrogens is 2. The molecule has 0 aliphatic rings. The smallest absolute Gasteiger partial charge is 0.226 e. The van der Waals surface area contributed by atoms with Crippen molar-refractivity contribution in [2.75, 3.05) is 0 Å². The molecule has 1 heterocycles. The Balaban J connectivity index is 2.72. The quantitative estimate of drug-likeness (QED) is 0.586. The van der Waals surface area contributed by atoms with Crippen LogP contribution in [0, 0.1) is 5.82 Å². The van der Waals surface area contributed by atoms with Crippen LogP contribution in [-0.2, 0) is 5.92 Å². The molecule has 0 aliphatic carbocycles. The average molecular weight is 301 g/mol. The maximum Gasteiger partial charge on any atom is 0.461 e. The van der Waals surface area contributed by atoms with E-state index in [0.717, 1.165) is 18.2 Å². The van der Waals surface area contributed by atoms with Crippen LogP contribution in [0.25, 0.3) is 10.9 Å². The fraction of sp³-hybridized carbons (Fsp3) is 0.200. The molecule has 0 fully saturated rings. The molecule has 102 valence electrons. The van der Waals surface area contributed by atoms with Gasteiger partial charge in [0.05, 0.1) is 10.9 Å². The minimum atomic E-state index is -5.86. The Kier molecular flexibility index (Phi) is 3.08. The number of rotatable bonds is 1. The molecule has 0 N–H and O–H groups in total. The van der Waals surface area contributed by atoms with Gasteiger partial charge < -0.3 is 0 Å². The van der Waals surface area contributed by atoms with E-state index in [1.165, 1.54) is 0 Å². The van der Waals surface area contributed by atoms with Crippen molar-refractivity contribution in [2.24, 2.45) is 0 Å². The normalized spacial score (nSPS) is 13.0. The van der Waals surface area contributed by atoms with E-state index in [-0.39, 0.29) is 0 Å². The van der Waals surface area contributed by atoms with Gasteiger partial charge in [0.15, 0.2) is 0 Å². The predicted octanol–water partition coefficient (Wildman–Crippen LogP) is 4.08. The second-order valence-corrected chi connectivity index (χ2v) is 3.90. The molecule has 1 aromatic heterocycles. The lowest BCUT2D eigenvalue weighted by atomic mass is 10.2. The standard InChI is InChI=1S/C10H3ClF6N2/c11-7-6-4(12)2-1-3-5(6)18-8(19-7)9(13,14)10(15,16)17/h1-3H. The average Bonchev–Trinajstić information content (AvgIpc) is 2.26. The fourth-order valence-corrected chi connectivity index (χ4v) is 1.63. The Morgan fingerprint density at radius 3 is 2.21 bits per heavy atom. The summed E-state index contributed by atoms with van der Waals surface area (Å²) in [5.41, 5.74) is -0.432. The maximum atomic E-state index is 13.3. The third-order valence-electron chi connectivity index (χ3n) is 2.27. The van der Waals surface area contributed by atoms with E-state index in [2.05, 4.69) is 9.97 Å². The molecular weight excluding hydrogens is 298 g/mol. The van der Waals surface area contributed by atoms with Crippen LogP contribution >= 0.6 is 11.6 Å². The zero-order chi connectivity index (χ0) is 14.4. The van der Waals surface area contributed by atoms with Crippen LogP contribution in [0.1, 0.15) is 5.82 Å². The highest BCUT2D eigenvalue weighted by molar-refractivity contribution is 6.34. The zero-order valence-electron chi connectivity index (χ0n) is 8.77. The minimum absolute atomic E-state index is 0.411. The van der Waals surface area contributed by atoms with Gasteiger partial charge in [0.25, 0.3) is 0 Å². The molecule has 0 saturated heterocycles. The van der Waals surface area contributed by atoms with E-state index in [4.69, 9.17) is 11.6 Å². The van der Waals surface area contributed by atoms with Gasteiger partial charge in [0.2, 0.25) is 5.82 Å². The van der Waals surface area contributed by atoms with Gasteiger partial charge in [-0.3, -0.25) is 0 Å². The van der Waals surface area contributed by atoms with E-state index in [9.17, 15) is 26.3 Å². The Bertz CT molecular complexity index is 640. The topological polar surface area (TPSA) is 25.8 Å². The first-order valence-corrected chi connectivity index (χ1v) is 5.09. The number of halogens is 7. The zero-order valence-corrected chi connectivity index (χ0v) is 9.53. The molecule has 0 aliphatic heterocycles. The first-order valence-electron chi connectivity index (χ1n) is 4.71. The molecule has 0 unspecified atom stereocenters. The van der Waals surface area contributed by atoms with E-state index in [1.54, 1.807) is 0 Å². The van der Waals surface area contributed by atoms with Gasteiger partial charge in [0.1, 0.15) is 11.0 Å². The van der Waals surface area contributed by atoms with Crippen molar-refractivity contribution >= 4 is 22.5 Å². The summed E-state index contributed by atoms with van der Waals surface area (Å²) >= 11 is 5.43. The summed E-state index contributed by atoms with van der Waals surface area (Å²) in [6, 6.07) is 3.12. The van der Waals surface area contributed by atoms with Crippen LogP contribution in [0.2, 0.25) is 5.15 Å². The molecule has 0 amide bonds. The Hall–Kier alpha value is -1.57. The first kappa shape index (κ1) is 13.9. The van der Waals surface area contributed by atoms with Crippen molar-refractivity contribution in [3.05, 3.63) is 35.0 Å². The minimum Gasteiger partial charge on any atom is -0.226 e. The largest absolute Gasteiger partial charge is 0.461 e. The van der Waals surface area contributed by atoms with Crippen molar-refractivity contribution in [2.45, 2.75) is 12.1 Å². The summed E-state index contributed by atoms with van der Waals surface area (Å²) in [6.45, 7) is 0. The van der Waals surface area contributed by atoms with E-state index >= 15 is 0 Å². The van der Waals surface area contributed by atoms with Crippen LogP contribution in [0.15, 0.2) is 18.2 Å². The fourth-order valence-electron chi connectivity index (χ4n) is 1.37. The van der Waals surface area contributed by atoms with Gasteiger partial charge in [-0.05, 0) is 12.1 Å². The van der Waals surface area contributed by atoms with Gasteiger partial charge in [-0.15, -0.1) is 0 Å². The number of nitrogens with zero attached hydrogens (tertiary/aromatic N) is 2. The lowest BCUT2D eigenvalue weighted by Gasteiger charge is -2.18. The van der Waals surface area contributed by atoms with Crippen molar-refractivity contribution in [3.8, 4) is 0 Å². The van der Waals surface area contributed by atoms with Gasteiger partial charge in [-0.2, -0.15) is 22.0 Å². The number of fused-ring (bicyclic) bond motifs is 1. The van der Waals surface area contributed by atoms with Crippen LogP contribution in [0.3, 0.4) is 0 Å². The monoisotopic (exact) mass is 300 g/mol. The molecule has 9 heteroatoms. The predicted molar refractivity (Wildman–Crippen MR) is 54.5 cm³/mol. The summed E-state index contributed by atoms with van der Waals surface area (Å²) in [7, 11) is 0. The van der Waals surface area contributed by atoms with Gasteiger partial charge in [-0.25, -0.2) is 14.4 Å². The highest BCUT2D eigenvalue weighted by Gasteiger charge is 2.61. The maximum absolute atomic E-state index is 13.3. The number of alkyl halides is 5. The Morgan fingerprint density at radius 2 is 1.63 bits per heavy atom. The molecule has 0 spiro atoms. The molecule has 0 radical (unpaired) electrons. The molecule has 1 aromatic carbocycles. The Labute approximate surface area is 107 Å². The third-order valence-corrected chi connectivity index (χ3v) is 2.54. The number of benzene rings is 1. The Morgan fingerprint density at radius 1 is 1.00 bits per heavy atom. The summed E-state index contributed by atoms with van der Waals surface area (Å²) < 4.78 is 76.0. The summed E-state index contributed by atoms with van der Waals surface area (Å²) in [5, 5.41) is -1.21. The van der Waals surface area contributed by atoms with Gasteiger partial charge in [-0.1, -0.05) is 17.7 Å². The second kappa shape index (κ2) is 4.22. The number of hydrogen-bond donors (Lipinski definition) is 0. The van der Waals surface area contributed by atoms with Crippen molar-refractivity contribution in [1.82, 2.24) is 9.97 Å². The summed E-state index contributed by atoms with van der Waals surface area (Å²) in [5.74, 6) is -8.00. The van der Waals surface area contributed by atoms with E-state index < -0.39 is 39.8 Å². The lowest BCUT2D eigenvalue weighted by molar-refractivity contribution is -0.292.